The van der Waals surface area contributed by atoms with Crippen molar-refractivity contribution in [1.29, 1.82) is 0 Å². The first-order valence-electron chi connectivity index (χ1n) is 9.97. The van der Waals surface area contributed by atoms with Crippen LogP contribution in [0.5, 0.6) is 0 Å². The number of benzene rings is 2. The van der Waals surface area contributed by atoms with E-state index in [4.69, 9.17) is 0 Å². The van der Waals surface area contributed by atoms with Gasteiger partial charge in [0.05, 0.1) is 5.69 Å². The molecule has 0 aliphatic carbocycles. The summed E-state index contributed by atoms with van der Waals surface area (Å²) < 4.78 is 0. The zero-order valence-corrected chi connectivity index (χ0v) is 18.2. The molecule has 0 unspecified atom stereocenters. The number of hydrogen-bond donors (Lipinski definition) is 3. The van der Waals surface area contributed by atoms with Gasteiger partial charge in [-0.2, -0.15) is 0 Å². The van der Waals surface area contributed by atoms with E-state index >= 15 is 0 Å². The van der Waals surface area contributed by atoms with E-state index in [0.717, 1.165) is 10.6 Å². The van der Waals surface area contributed by atoms with Crippen molar-refractivity contribution < 1.29 is 14.4 Å². The van der Waals surface area contributed by atoms with Crippen molar-refractivity contribution in [2.45, 2.75) is 20.3 Å². The van der Waals surface area contributed by atoms with Crippen molar-refractivity contribution >= 4 is 34.7 Å². The van der Waals surface area contributed by atoms with Gasteiger partial charge < -0.3 is 16.0 Å². The van der Waals surface area contributed by atoms with Gasteiger partial charge in [-0.1, -0.05) is 37.3 Å². The second kappa shape index (κ2) is 10.5. The van der Waals surface area contributed by atoms with Crippen LogP contribution in [0.1, 0.15) is 39.1 Å². The molecule has 0 atom stereocenters. The number of thiazole rings is 1. The molecule has 1 heterocycles. The van der Waals surface area contributed by atoms with Crippen LogP contribution in [0.4, 0.5) is 5.69 Å². The van der Waals surface area contributed by atoms with Gasteiger partial charge in [0.15, 0.2) is 0 Å². The van der Waals surface area contributed by atoms with Gasteiger partial charge in [-0.15, -0.1) is 11.3 Å². The Morgan fingerprint density at radius 2 is 1.58 bits per heavy atom. The molecule has 2 aromatic carbocycles. The van der Waals surface area contributed by atoms with Gasteiger partial charge in [0, 0.05) is 36.3 Å². The number of anilines is 1. The molecule has 0 fully saturated rings. The number of carbonyl (C=O) groups is 3. The molecule has 0 aliphatic heterocycles. The summed E-state index contributed by atoms with van der Waals surface area (Å²) in [5.41, 5.74) is 2.71. The topological polar surface area (TPSA) is 100 Å². The number of hydrogen-bond acceptors (Lipinski definition) is 5. The standard InChI is InChI=1S/C23H24N4O3S/c1-3-19(28)24-13-14-25-21(29)16-9-11-18(12-10-16)27-22(30)20-15(2)26-23(31-20)17-7-5-4-6-8-17/h4-12H,3,13-14H2,1-2H3,(H,24,28)(H,25,29)(H,27,30). The van der Waals surface area contributed by atoms with Crippen molar-refractivity contribution in [3.8, 4) is 10.6 Å². The Morgan fingerprint density at radius 3 is 2.26 bits per heavy atom. The van der Waals surface area contributed by atoms with Crippen molar-refractivity contribution in [2.75, 3.05) is 18.4 Å². The summed E-state index contributed by atoms with van der Waals surface area (Å²) in [5.74, 6) is -0.531. The van der Waals surface area contributed by atoms with Crippen molar-refractivity contribution in [3.63, 3.8) is 0 Å². The van der Waals surface area contributed by atoms with E-state index in [1.807, 2.05) is 37.3 Å². The molecule has 3 rings (SSSR count). The molecule has 0 spiro atoms. The average Bonchev–Trinajstić information content (AvgIpc) is 3.19. The predicted molar refractivity (Wildman–Crippen MR) is 122 cm³/mol. The van der Waals surface area contributed by atoms with Crippen molar-refractivity contribution in [3.05, 3.63) is 70.7 Å². The molecule has 160 valence electrons. The van der Waals surface area contributed by atoms with Crippen LogP contribution >= 0.6 is 11.3 Å². The van der Waals surface area contributed by atoms with E-state index in [0.29, 0.717) is 41.3 Å². The van der Waals surface area contributed by atoms with E-state index in [-0.39, 0.29) is 17.7 Å². The van der Waals surface area contributed by atoms with E-state index in [9.17, 15) is 14.4 Å². The zero-order valence-electron chi connectivity index (χ0n) is 17.4. The van der Waals surface area contributed by atoms with Crippen LogP contribution in [-0.2, 0) is 4.79 Å². The third kappa shape index (κ3) is 5.99. The van der Waals surface area contributed by atoms with Gasteiger partial charge in [-0.3, -0.25) is 14.4 Å². The Bertz CT molecular complexity index is 1060. The highest BCUT2D eigenvalue weighted by Gasteiger charge is 2.16. The van der Waals surface area contributed by atoms with Gasteiger partial charge in [0.25, 0.3) is 11.8 Å². The lowest BCUT2D eigenvalue weighted by Crippen LogP contribution is -2.34. The summed E-state index contributed by atoms with van der Waals surface area (Å²) in [7, 11) is 0. The van der Waals surface area contributed by atoms with E-state index < -0.39 is 0 Å². The van der Waals surface area contributed by atoms with Crippen LogP contribution in [0.3, 0.4) is 0 Å². The fourth-order valence-electron chi connectivity index (χ4n) is 2.81. The molecule has 1 aromatic heterocycles. The highest BCUT2D eigenvalue weighted by Crippen LogP contribution is 2.28. The Labute approximate surface area is 184 Å². The maximum absolute atomic E-state index is 12.7. The molecule has 0 saturated carbocycles. The number of aromatic nitrogens is 1. The number of rotatable bonds is 8. The first-order valence-corrected chi connectivity index (χ1v) is 10.8. The van der Waals surface area contributed by atoms with Gasteiger partial charge >= 0.3 is 0 Å². The highest BCUT2D eigenvalue weighted by atomic mass is 32.1. The Kier molecular flexibility index (Phi) is 7.50. The van der Waals surface area contributed by atoms with Crippen molar-refractivity contribution in [2.24, 2.45) is 0 Å². The number of aryl methyl sites for hydroxylation is 1. The molecule has 0 radical (unpaired) electrons. The molecule has 3 amide bonds. The summed E-state index contributed by atoms with van der Waals surface area (Å²) in [5, 5.41) is 9.09. The Balaban J connectivity index is 1.57. The minimum atomic E-state index is -0.241. The molecule has 7 nitrogen and oxygen atoms in total. The summed E-state index contributed by atoms with van der Waals surface area (Å²) in [6.07, 6.45) is 0.412. The van der Waals surface area contributed by atoms with Gasteiger partial charge in [0.1, 0.15) is 9.88 Å². The quantitative estimate of drug-likeness (QED) is 0.470. The van der Waals surface area contributed by atoms with Crippen LogP contribution in [0, 0.1) is 6.92 Å². The van der Waals surface area contributed by atoms with Crippen LogP contribution in [0.25, 0.3) is 10.6 Å². The molecule has 0 saturated heterocycles. The molecule has 0 aliphatic rings. The summed E-state index contributed by atoms with van der Waals surface area (Å²) in [6.45, 7) is 4.31. The average molecular weight is 437 g/mol. The normalized spacial score (nSPS) is 10.4. The second-order valence-electron chi connectivity index (χ2n) is 6.79. The highest BCUT2D eigenvalue weighted by molar-refractivity contribution is 7.17. The lowest BCUT2D eigenvalue weighted by Gasteiger charge is -2.08. The predicted octanol–water partition coefficient (Wildman–Crippen LogP) is 3.63. The van der Waals surface area contributed by atoms with Crippen LogP contribution < -0.4 is 16.0 Å². The van der Waals surface area contributed by atoms with Crippen LogP contribution in [0.2, 0.25) is 0 Å². The van der Waals surface area contributed by atoms with Gasteiger partial charge in [-0.25, -0.2) is 4.98 Å². The fraction of sp³-hybridized carbons (Fsp3) is 0.217. The summed E-state index contributed by atoms with van der Waals surface area (Å²) in [6, 6.07) is 16.4. The smallest absolute Gasteiger partial charge is 0.267 e. The first kappa shape index (κ1) is 22.2. The second-order valence-corrected chi connectivity index (χ2v) is 7.79. The minimum absolute atomic E-state index is 0.0542. The maximum atomic E-state index is 12.7. The molecule has 3 aromatic rings. The molecule has 31 heavy (non-hydrogen) atoms. The van der Waals surface area contributed by atoms with Gasteiger partial charge in [-0.05, 0) is 31.2 Å². The summed E-state index contributed by atoms with van der Waals surface area (Å²) in [4.78, 5) is 41.1. The molecular weight excluding hydrogens is 412 g/mol. The van der Waals surface area contributed by atoms with E-state index in [1.165, 1.54) is 11.3 Å². The molecule has 0 bridgehead atoms. The monoisotopic (exact) mass is 436 g/mol. The third-order valence-corrected chi connectivity index (χ3v) is 5.69. The lowest BCUT2D eigenvalue weighted by atomic mass is 10.2. The largest absolute Gasteiger partial charge is 0.354 e. The Hall–Kier alpha value is -3.52. The SMILES string of the molecule is CCC(=O)NCCNC(=O)c1ccc(NC(=O)c2sc(-c3ccccc3)nc2C)cc1. The van der Waals surface area contributed by atoms with Crippen molar-refractivity contribution in [1.82, 2.24) is 15.6 Å². The summed E-state index contributed by atoms with van der Waals surface area (Å²) >= 11 is 1.35. The van der Waals surface area contributed by atoms with Gasteiger partial charge in [0.2, 0.25) is 5.91 Å². The molecule has 8 heteroatoms. The fourth-order valence-corrected chi connectivity index (χ4v) is 3.78. The number of carbonyl (C=O) groups excluding carboxylic acids is 3. The molecular formula is C23H24N4O3S. The zero-order chi connectivity index (χ0) is 22.2. The number of nitrogens with one attached hydrogen (secondary N) is 3. The van der Waals surface area contributed by atoms with Crippen LogP contribution in [-0.4, -0.2) is 35.8 Å². The van der Waals surface area contributed by atoms with Crippen LogP contribution in [0.15, 0.2) is 54.6 Å². The van der Waals surface area contributed by atoms with E-state index in [1.54, 1.807) is 31.2 Å². The number of nitrogens with zero attached hydrogens (tertiary/aromatic N) is 1. The molecule has 3 N–H and O–H groups in total. The minimum Gasteiger partial charge on any atom is -0.354 e. The van der Waals surface area contributed by atoms with E-state index in [2.05, 4.69) is 20.9 Å². The first-order chi connectivity index (χ1) is 15.0. The lowest BCUT2D eigenvalue weighted by molar-refractivity contribution is -0.120. The number of amides is 3. The third-order valence-electron chi connectivity index (χ3n) is 4.48. The maximum Gasteiger partial charge on any atom is 0.267 e. The Morgan fingerprint density at radius 1 is 0.903 bits per heavy atom.